The largest absolute Gasteiger partial charge is 0.378 e. The highest BCUT2D eigenvalue weighted by molar-refractivity contribution is 5.89. The van der Waals surface area contributed by atoms with Crippen LogP contribution in [0, 0.1) is 5.82 Å². The van der Waals surface area contributed by atoms with Crippen LogP contribution in [-0.2, 0) is 4.74 Å². The fourth-order valence-corrected chi connectivity index (χ4v) is 1.13. The number of nitrogens with two attached hydrogens (primary N) is 1. The Hall–Kier alpha value is -1.37. The highest BCUT2D eigenvalue weighted by Crippen LogP contribution is 2.07. The van der Waals surface area contributed by atoms with E-state index in [4.69, 9.17) is 10.5 Å². The number of anilines is 1. The molecule has 0 aliphatic heterocycles. The van der Waals surface area contributed by atoms with E-state index >= 15 is 0 Å². The van der Waals surface area contributed by atoms with Gasteiger partial charge in [0.25, 0.3) is 0 Å². The van der Waals surface area contributed by atoms with Gasteiger partial charge in [-0.3, -0.25) is 0 Å². The number of halogens is 2. The van der Waals surface area contributed by atoms with Crippen molar-refractivity contribution in [3.8, 4) is 0 Å². The Morgan fingerprint density at radius 1 is 1.28 bits per heavy atom. The zero-order valence-corrected chi connectivity index (χ0v) is 10.6. The van der Waals surface area contributed by atoms with Crippen molar-refractivity contribution in [1.82, 2.24) is 5.32 Å². The Kier molecular flexibility index (Phi) is 8.91. The first-order valence-electron chi connectivity index (χ1n) is 5.30. The van der Waals surface area contributed by atoms with Gasteiger partial charge in [0.1, 0.15) is 5.82 Å². The van der Waals surface area contributed by atoms with Crippen molar-refractivity contribution in [3.05, 3.63) is 30.1 Å². The molecule has 4 N–H and O–H groups in total. The highest BCUT2D eigenvalue weighted by Gasteiger charge is 2.00. The van der Waals surface area contributed by atoms with E-state index in [1.165, 1.54) is 24.3 Å². The van der Waals surface area contributed by atoms with Crippen molar-refractivity contribution in [1.29, 1.82) is 0 Å². The molecular formula is C11H17ClFN3O2. The van der Waals surface area contributed by atoms with Crippen LogP contribution in [0.5, 0.6) is 0 Å². The van der Waals surface area contributed by atoms with Crippen molar-refractivity contribution in [2.75, 3.05) is 31.6 Å². The Morgan fingerprint density at radius 3 is 2.56 bits per heavy atom. The van der Waals surface area contributed by atoms with Crippen LogP contribution < -0.4 is 16.4 Å². The summed E-state index contributed by atoms with van der Waals surface area (Å²) < 4.78 is 17.7. The van der Waals surface area contributed by atoms with Gasteiger partial charge in [-0.2, -0.15) is 0 Å². The van der Waals surface area contributed by atoms with Gasteiger partial charge in [0.2, 0.25) is 0 Å². The maximum Gasteiger partial charge on any atom is 0.319 e. The molecule has 1 aromatic rings. The molecule has 102 valence electrons. The quantitative estimate of drug-likeness (QED) is 0.687. The van der Waals surface area contributed by atoms with Crippen molar-refractivity contribution >= 4 is 24.1 Å². The van der Waals surface area contributed by atoms with Gasteiger partial charge in [0.15, 0.2) is 0 Å². The molecule has 0 heterocycles. The fourth-order valence-electron chi connectivity index (χ4n) is 1.13. The predicted octanol–water partition coefficient (Wildman–Crippen LogP) is 1.34. The second-order valence-electron chi connectivity index (χ2n) is 3.29. The van der Waals surface area contributed by atoms with Crippen LogP contribution in [0.25, 0.3) is 0 Å². The van der Waals surface area contributed by atoms with Gasteiger partial charge in [-0.25, -0.2) is 9.18 Å². The Labute approximate surface area is 111 Å². The Bertz CT molecular complexity index is 349. The van der Waals surface area contributed by atoms with Gasteiger partial charge >= 0.3 is 6.03 Å². The first kappa shape index (κ1) is 16.6. The minimum atomic E-state index is -0.354. The number of carbonyl (C=O) groups excluding carboxylic acids is 1. The lowest BCUT2D eigenvalue weighted by Gasteiger charge is -2.07. The molecule has 0 bridgehead atoms. The zero-order valence-electron chi connectivity index (χ0n) is 9.82. The monoisotopic (exact) mass is 277 g/mol. The highest BCUT2D eigenvalue weighted by atomic mass is 35.5. The van der Waals surface area contributed by atoms with E-state index in [1.807, 2.05) is 0 Å². The molecule has 18 heavy (non-hydrogen) atoms. The number of hydrogen-bond donors (Lipinski definition) is 3. The van der Waals surface area contributed by atoms with E-state index in [-0.39, 0.29) is 24.3 Å². The third-order valence-electron chi connectivity index (χ3n) is 1.90. The summed E-state index contributed by atoms with van der Waals surface area (Å²) in [6.07, 6.45) is 0. The van der Waals surface area contributed by atoms with Crippen molar-refractivity contribution < 1.29 is 13.9 Å². The summed E-state index contributed by atoms with van der Waals surface area (Å²) in [4.78, 5) is 11.3. The maximum atomic E-state index is 12.6. The van der Waals surface area contributed by atoms with E-state index in [0.29, 0.717) is 32.0 Å². The average Bonchev–Trinajstić information content (AvgIpc) is 2.32. The summed E-state index contributed by atoms with van der Waals surface area (Å²) in [7, 11) is 0. The zero-order chi connectivity index (χ0) is 12.5. The third kappa shape index (κ3) is 7.05. The summed E-state index contributed by atoms with van der Waals surface area (Å²) in [5, 5.41) is 5.16. The fraction of sp³-hybridized carbons (Fsp3) is 0.364. The molecule has 0 aliphatic carbocycles. The van der Waals surface area contributed by atoms with Crippen LogP contribution in [-0.4, -0.2) is 32.3 Å². The maximum absolute atomic E-state index is 12.6. The lowest BCUT2D eigenvalue weighted by atomic mass is 10.3. The molecule has 0 atom stereocenters. The number of hydrogen-bond acceptors (Lipinski definition) is 3. The van der Waals surface area contributed by atoms with Crippen LogP contribution in [0.15, 0.2) is 24.3 Å². The van der Waals surface area contributed by atoms with Crippen molar-refractivity contribution in [3.63, 3.8) is 0 Å². The molecule has 1 rings (SSSR count). The molecule has 5 nitrogen and oxygen atoms in total. The SMILES string of the molecule is Cl.NCCOCCNC(=O)Nc1ccc(F)cc1. The minimum absolute atomic E-state index is 0. The summed E-state index contributed by atoms with van der Waals surface area (Å²) in [5.74, 6) is -0.342. The van der Waals surface area contributed by atoms with Crippen molar-refractivity contribution in [2.24, 2.45) is 5.73 Å². The molecule has 2 amide bonds. The molecular weight excluding hydrogens is 261 g/mol. The first-order valence-corrected chi connectivity index (χ1v) is 5.30. The molecule has 0 saturated carbocycles. The van der Waals surface area contributed by atoms with Crippen LogP contribution >= 0.6 is 12.4 Å². The van der Waals surface area contributed by atoms with E-state index in [1.54, 1.807) is 0 Å². The second kappa shape index (κ2) is 9.64. The van der Waals surface area contributed by atoms with Crippen LogP contribution in [0.4, 0.5) is 14.9 Å². The van der Waals surface area contributed by atoms with Gasteiger partial charge in [0.05, 0.1) is 13.2 Å². The van der Waals surface area contributed by atoms with Crippen LogP contribution in [0.3, 0.4) is 0 Å². The number of rotatable bonds is 6. The molecule has 0 aliphatic rings. The molecule has 0 radical (unpaired) electrons. The summed E-state index contributed by atoms with van der Waals surface area (Å²) in [6.45, 7) is 1.74. The molecule has 0 aromatic heterocycles. The van der Waals surface area contributed by atoms with E-state index in [0.717, 1.165) is 0 Å². The summed E-state index contributed by atoms with van der Waals surface area (Å²) in [5.41, 5.74) is 5.76. The number of amides is 2. The molecule has 0 fully saturated rings. The number of carbonyl (C=O) groups is 1. The van der Waals surface area contributed by atoms with E-state index in [9.17, 15) is 9.18 Å². The number of ether oxygens (including phenoxy) is 1. The van der Waals surface area contributed by atoms with E-state index < -0.39 is 0 Å². The summed E-state index contributed by atoms with van der Waals surface area (Å²) >= 11 is 0. The topological polar surface area (TPSA) is 76.4 Å². The average molecular weight is 278 g/mol. The van der Waals surface area contributed by atoms with Gasteiger partial charge in [-0.1, -0.05) is 0 Å². The lowest BCUT2D eigenvalue weighted by Crippen LogP contribution is -2.31. The lowest BCUT2D eigenvalue weighted by molar-refractivity contribution is 0.144. The number of urea groups is 1. The van der Waals surface area contributed by atoms with Crippen LogP contribution in [0.1, 0.15) is 0 Å². The predicted molar refractivity (Wildman–Crippen MR) is 70.5 cm³/mol. The standard InChI is InChI=1S/C11H16FN3O2.ClH/c12-9-1-3-10(4-2-9)15-11(16)14-6-8-17-7-5-13;/h1-4H,5-8,13H2,(H2,14,15,16);1H. The van der Waals surface area contributed by atoms with Gasteiger partial charge in [0, 0.05) is 18.8 Å². The number of nitrogens with one attached hydrogen (secondary N) is 2. The van der Waals surface area contributed by atoms with Crippen molar-refractivity contribution in [2.45, 2.75) is 0 Å². The molecule has 7 heteroatoms. The molecule has 0 spiro atoms. The van der Waals surface area contributed by atoms with E-state index in [2.05, 4.69) is 10.6 Å². The van der Waals surface area contributed by atoms with Gasteiger partial charge < -0.3 is 21.1 Å². The smallest absolute Gasteiger partial charge is 0.319 e. The normalized spacial score (nSPS) is 9.44. The number of benzene rings is 1. The van der Waals surface area contributed by atoms with Gasteiger partial charge in [-0.15, -0.1) is 12.4 Å². The third-order valence-corrected chi connectivity index (χ3v) is 1.90. The Morgan fingerprint density at radius 2 is 1.94 bits per heavy atom. The first-order chi connectivity index (χ1) is 8.22. The Balaban J connectivity index is 0.00000289. The van der Waals surface area contributed by atoms with Crippen LogP contribution in [0.2, 0.25) is 0 Å². The molecule has 0 unspecified atom stereocenters. The summed E-state index contributed by atoms with van der Waals surface area (Å²) in [6, 6.07) is 5.17. The minimum Gasteiger partial charge on any atom is -0.378 e. The van der Waals surface area contributed by atoms with Gasteiger partial charge in [-0.05, 0) is 24.3 Å². The second-order valence-corrected chi connectivity index (χ2v) is 3.29. The molecule has 0 saturated heterocycles. The molecule has 1 aromatic carbocycles.